The molecule has 5 aliphatic rings. The van der Waals surface area contributed by atoms with Gasteiger partial charge in [-0.1, -0.05) is 17.7 Å². The molecule has 2 aliphatic carbocycles. The van der Waals surface area contributed by atoms with Gasteiger partial charge in [0, 0.05) is 19.0 Å². The summed E-state index contributed by atoms with van der Waals surface area (Å²) in [5.41, 5.74) is 6.04. The second-order valence-corrected chi connectivity index (χ2v) is 13.5. The number of nitrogens with zero attached hydrogens (tertiary/aromatic N) is 3. The van der Waals surface area contributed by atoms with Crippen molar-refractivity contribution >= 4 is 52.8 Å². The van der Waals surface area contributed by atoms with Gasteiger partial charge in [-0.05, 0) is 80.2 Å². The number of esters is 1. The minimum absolute atomic E-state index is 0.00797. The minimum Gasteiger partial charge on any atom is -0.460 e. The Morgan fingerprint density at radius 2 is 2.02 bits per heavy atom. The molecule has 0 radical (unpaired) electrons. The van der Waals surface area contributed by atoms with Crippen molar-refractivity contribution in [2.24, 2.45) is 23.5 Å². The molecule has 3 heterocycles. The zero-order chi connectivity index (χ0) is 30.8. The molecule has 10 nitrogen and oxygen atoms in total. The molecule has 1 aromatic carbocycles. The van der Waals surface area contributed by atoms with Crippen LogP contribution >= 0.6 is 23.4 Å². The van der Waals surface area contributed by atoms with E-state index in [1.165, 1.54) is 28.0 Å². The smallest absolute Gasteiger partial charge is 0.323 e. The third-order valence-corrected chi connectivity index (χ3v) is 10.4. The van der Waals surface area contributed by atoms with Crippen LogP contribution in [0.2, 0.25) is 5.02 Å². The maximum absolute atomic E-state index is 14.2. The van der Waals surface area contributed by atoms with E-state index in [1.54, 1.807) is 23.6 Å². The van der Waals surface area contributed by atoms with E-state index in [0.29, 0.717) is 35.6 Å². The average Bonchev–Trinajstić information content (AvgIpc) is 3.62. The zero-order valence-corrected chi connectivity index (χ0v) is 25.6. The standard InChI is InChI=1S/C30H34ClFN4O6S/c1-15(42-29(41)22(33)7-10-43-2)13-35-27(39)24-18-6-9-34(14-16-3-4-21(32)20(31)11-16)26(38)23(18)25(37)28(40)36(24)30(35)8-5-17-12-19(17)30/h3-4,11,15,17,19,22-23H,5-10,12-14,33H2,1-2H3/t15-,17-,19+,22-,23?,30+/m0/s1. The van der Waals surface area contributed by atoms with Gasteiger partial charge in [0.25, 0.3) is 11.8 Å². The maximum Gasteiger partial charge on any atom is 0.323 e. The number of rotatable bonds is 9. The highest BCUT2D eigenvalue weighted by molar-refractivity contribution is 7.98. The van der Waals surface area contributed by atoms with Crippen LogP contribution in [0, 0.1) is 23.6 Å². The van der Waals surface area contributed by atoms with Crippen LogP contribution in [0.5, 0.6) is 0 Å². The minimum atomic E-state index is -1.38. The molecule has 1 spiro atoms. The molecule has 1 aromatic rings. The SMILES string of the molecule is CSCC[C@H](N)C(=O)O[C@@H](C)CN1C(=O)C2=C3CCN(Cc4ccc(F)c(Cl)c4)C(=O)C3C(=O)C(=O)N2[C@@]12CC[C@H]1C[C@H]12. The Morgan fingerprint density at radius 3 is 2.67 bits per heavy atom. The number of benzene rings is 1. The molecule has 1 unspecified atom stereocenters. The summed E-state index contributed by atoms with van der Waals surface area (Å²) >= 11 is 7.49. The highest BCUT2D eigenvalue weighted by Crippen LogP contribution is 2.64. The van der Waals surface area contributed by atoms with Crippen LogP contribution in [0.15, 0.2) is 29.5 Å². The molecule has 4 fully saturated rings. The number of nitrogens with two attached hydrogens (primary N) is 1. The molecule has 3 aliphatic heterocycles. The second kappa shape index (κ2) is 11.2. The molecule has 2 saturated carbocycles. The first-order valence-electron chi connectivity index (χ1n) is 14.6. The lowest BCUT2D eigenvalue weighted by Crippen LogP contribution is -2.61. The number of Topliss-reactive ketones (excluding diaryl/α,β-unsaturated/α-hetero) is 1. The van der Waals surface area contributed by atoms with Crippen LogP contribution in [0.4, 0.5) is 4.39 Å². The number of piperidine rings is 1. The predicted molar refractivity (Wildman–Crippen MR) is 156 cm³/mol. The van der Waals surface area contributed by atoms with Crippen molar-refractivity contribution in [2.75, 3.05) is 25.1 Å². The Hall–Kier alpha value is -2.96. The summed E-state index contributed by atoms with van der Waals surface area (Å²) in [6, 6.07) is 3.36. The molecule has 0 aromatic heterocycles. The Bertz CT molecular complexity index is 1460. The quantitative estimate of drug-likeness (QED) is 0.250. The molecule has 0 bridgehead atoms. The number of halogens is 2. The van der Waals surface area contributed by atoms with E-state index in [-0.39, 0.29) is 42.7 Å². The van der Waals surface area contributed by atoms with E-state index >= 15 is 0 Å². The van der Waals surface area contributed by atoms with Gasteiger partial charge in [-0.15, -0.1) is 0 Å². The van der Waals surface area contributed by atoms with Gasteiger partial charge in [-0.3, -0.25) is 28.9 Å². The molecule has 13 heteroatoms. The Kier molecular flexibility index (Phi) is 7.83. The molecule has 3 amide bonds. The van der Waals surface area contributed by atoms with E-state index < -0.39 is 59.0 Å². The number of carbonyl (C=O) groups is 5. The summed E-state index contributed by atoms with van der Waals surface area (Å²) in [7, 11) is 0. The number of amides is 3. The number of thioether (sulfide) groups is 1. The fourth-order valence-corrected chi connectivity index (χ4v) is 8.09. The highest BCUT2D eigenvalue weighted by atomic mass is 35.5. The largest absolute Gasteiger partial charge is 0.460 e. The van der Waals surface area contributed by atoms with E-state index in [1.807, 2.05) is 6.26 Å². The lowest BCUT2D eigenvalue weighted by Gasteiger charge is -2.45. The third kappa shape index (κ3) is 4.85. The van der Waals surface area contributed by atoms with Gasteiger partial charge >= 0.3 is 5.97 Å². The zero-order valence-electron chi connectivity index (χ0n) is 24.0. The number of ether oxygens (including phenoxy) is 1. The lowest BCUT2D eigenvalue weighted by atomic mass is 9.81. The summed E-state index contributed by atoms with van der Waals surface area (Å²) < 4.78 is 19.3. The van der Waals surface area contributed by atoms with Gasteiger partial charge in [0.05, 0.1) is 11.6 Å². The van der Waals surface area contributed by atoms with Crippen molar-refractivity contribution in [1.82, 2.24) is 14.7 Å². The van der Waals surface area contributed by atoms with Gasteiger partial charge in [0.15, 0.2) is 0 Å². The first kappa shape index (κ1) is 30.1. The number of hydrogen-bond donors (Lipinski definition) is 1. The average molecular weight is 633 g/mol. The number of likely N-dealkylation sites (tertiary alicyclic amines) is 1. The van der Waals surface area contributed by atoms with E-state index in [0.717, 1.165) is 12.8 Å². The van der Waals surface area contributed by atoms with Gasteiger partial charge in [-0.2, -0.15) is 11.8 Å². The van der Waals surface area contributed by atoms with Crippen molar-refractivity contribution in [1.29, 1.82) is 0 Å². The van der Waals surface area contributed by atoms with Gasteiger partial charge in [0.1, 0.15) is 35.2 Å². The normalized spacial score (nSPS) is 29.2. The molecular weight excluding hydrogens is 599 g/mol. The molecular formula is C30H34ClFN4O6S. The monoisotopic (exact) mass is 632 g/mol. The Labute approximate surface area is 258 Å². The van der Waals surface area contributed by atoms with Gasteiger partial charge in [-0.25, -0.2) is 4.39 Å². The Balaban J connectivity index is 1.29. The maximum atomic E-state index is 14.2. The van der Waals surface area contributed by atoms with E-state index in [4.69, 9.17) is 22.1 Å². The fraction of sp³-hybridized carbons (Fsp3) is 0.567. The summed E-state index contributed by atoms with van der Waals surface area (Å²) in [5, 5.41) is -0.0805. The van der Waals surface area contributed by atoms with Crippen LogP contribution in [-0.4, -0.2) is 87.1 Å². The summed E-state index contributed by atoms with van der Waals surface area (Å²) in [6.45, 7) is 2.02. The second-order valence-electron chi connectivity index (χ2n) is 12.1. The van der Waals surface area contributed by atoms with Gasteiger partial charge in [0.2, 0.25) is 11.7 Å². The Morgan fingerprint density at radius 1 is 1.26 bits per heavy atom. The van der Waals surface area contributed by atoms with Crippen LogP contribution in [0.25, 0.3) is 0 Å². The third-order valence-electron chi connectivity index (χ3n) is 9.51. The van der Waals surface area contributed by atoms with Crippen LogP contribution < -0.4 is 5.73 Å². The topological polar surface area (TPSA) is 130 Å². The summed E-state index contributed by atoms with van der Waals surface area (Å²) in [5.74, 6) is -4.15. The molecule has 230 valence electrons. The number of hydrogen-bond acceptors (Lipinski definition) is 8. The summed E-state index contributed by atoms with van der Waals surface area (Å²) in [6.07, 6.45) is 4.05. The summed E-state index contributed by atoms with van der Waals surface area (Å²) in [4.78, 5) is 72.5. The van der Waals surface area contributed by atoms with Crippen LogP contribution in [-0.2, 0) is 35.3 Å². The highest BCUT2D eigenvalue weighted by Gasteiger charge is 2.72. The van der Waals surface area contributed by atoms with Crippen molar-refractivity contribution in [3.8, 4) is 0 Å². The van der Waals surface area contributed by atoms with E-state index in [9.17, 15) is 28.4 Å². The van der Waals surface area contributed by atoms with Crippen LogP contribution in [0.3, 0.4) is 0 Å². The van der Waals surface area contributed by atoms with Gasteiger partial charge < -0.3 is 20.3 Å². The van der Waals surface area contributed by atoms with Crippen molar-refractivity contribution < 1.29 is 33.1 Å². The predicted octanol–water partition coefficient (Wildman–Crippen LogP) is 2.47. The number of ketones is 1. The number of fused-ring (bicyclic) bond motifs is 5. The van der Waals surface area contributed by atoms with Crippen molar-refractivity contribution in [2.45, 2.75) is 63.4 Å². The van der Waals surface area contributed by atoms with Crippen LogP contribution in [0.1, 0.15) is 44.6 Å². The van der Waals surface area contributed by atoms with Crippen molar-refractivity contribution in [3.63, 3.8) is 0 Å². The molecule has 6 atom stereocenters. The fourth-order valence-electron chi connectivity index (χ4n) is 7.40. The number of carbonyl (C=O) groups excluding carboxylic acids is 5. The first-order chi connectivity index (χ1) is 20.5. The molecule has 43 heavy (non-hydrogen) atoms. The van der Waals surface area contributed by atoms with E-state index in [2.05, 4.69) is 0 Å². The molecule has 2 N–H and O–H groups in total. The molecule has 2 saturated heterocycles. The first-order valence-corrected chi connectivity index (χ1v) is 16.4. The molecule has 6 rings (SSSR count). The van der Waals surface area contributed by atoms with Crippen molar-refractivity contribution in [3.05, 3.63) is 45.9 Å². The lowest BCUT2D eigenvalue weighted by molar-refractivity contribution is -0.160.